The summed E-state index contributed by atoms with van der Waals surface area (Å²) in [5.41, 5.74) is 0.191. The first-order chi connectivity index (χ1) is 8.59. The second-order valence-electron chi connectivity index (χ2n) is 3.40. The predicted octanol–water partition coefficient (Wildman–Crippen LogP) is 2.88. The number of carbonyl (C=O) groups excluding carboxylic acids is 1. The maximum absolute atomic E-state index is 11.8. The molecule has 1 aromatic carbocycles. The fraction of sp³-hybridized carbons (Fsp3) is 0. The highest BCUT2D eigenvalue weighted by Gasteiger charge is 2.20. The molecule has 2 rings (SSSR count). The summed E-state index contributed by atoms with van der Waals surface area (Å²) in [4.78, 5) is 22.7. The fourth-order valence-electron chi connectivity index (χ4n) is 1.40. The highest BCUT2D eigenvalue weighted by Crippen LogP contribution is 2.22. The van der Waals surface area contributed by atoms with Gasteiger partial charge < -0.3 is 14.8 Å². The van der Waals surface area contributed by atoms with Gasteiger partial charge in [0.05, 0.1) is 17.0 Å². The Morgan fingerprint density at radius 1 is 1.22 bits per heavy atom. The highest BCUT2D eigenvalue weighted by atomic mass is 35.5. The van der Waals surface area contributed by atoms with Crippen LogP contribution in [0.3, 0.4) is 0 Å². The Morgan fingerprint density at radius 2 is 1.94 bits per heavy atom. The molecular formula is C12H8ClNO4. The number of hydrogen-bond acceptors (Lipinski definition) is 3. The zero-order chi connectivity index (χ0) is 13.1. The molecule has 0 aliphatic heterocycles. The summed E-state index contributed by atoms with van der Waals surface area (Å²) in [5.74, 6) is -2.15. The standard InChI is InChI=1S/C12H8ClNO4/c13-8-3-1-2-4-9(8)14-11(15)10-7(12(16)17)5-6-18-10/h1-6H,(H,14,15)(H,16,17). The first-order valence-electron chi connectivity index (χ1n) is 4.96. The number of carboxylic acid groups (broad SMARTS) is 1. The second kappa shape index (κ2) is 4.93. The molecule has 92 valence electrons. The first kappa shape index (κ1) is 12.2. The average molecular weight is 266 g/mol. The Kier molecular flexibility index (Phi) is 3.34. The Balaban J connectivity index is 2.25. The molecule has 0 spiro atoms. The highest BCUT2D eigenvalue weighted by molar-refractivity contribution is 6.33. The number of amides is 1. The molecule has 0 radical (unpaired) electrons. The number of aromatic carboxylic acids is 1. The van der Waals surface area contributed by atoms with Crippen LogP contribution < -0.4 is 5.32 Å². The van der Waals surface area contributed by atoms with Gasteiger partial charge in [0, 0.05) is 0 Å². The third-order valence-electron chi connectivity index (χ3n) is 2.22. The van der Waals surface area contributed by atoms with E-state index in [4.69, 9.17) is 21.1 Å². The van der Waals surface area contributed by atoms with Crippen LogP contribution in [0.4, 0.5) is 5.69 Å². The van der Waals surface area contributed by atoms with Crippen LogP contribution in [0.1, 0.15) is 20.9 Å². The summed E-state index contributed by atoms with van der Waals surface area (Å²) >= 11 is 5.87. The van der Waals surface area contributed by atoms with Gasteiger partial charge in [-0.15, -0.1) is 0 Å². The lowest BCUT2D eigenvalue weighted by Gasteiger charge is -2.05. The van der Waals surface area contributed by atoms with Crippen molar-refractivity contribution in [3.63, 3.8) is 0 Å². The maximum Gasteiger partial charge on any atom is 0.339 e. The van der Waals surface area contributed by atoms with Crippen LogP contribution in [-0.4, -0.2) is 17.0 Å². The minimum Gasteiger partial charge on any atom is -0.478 e. The van der Waals surface area contributed by atoms with Crippen LogP contribution in [0.25, 0.3) is 0 Å². The Hall–Kier alpha value is -2.27. The van der Waals surface area contributed by atoms with Gasteiger partial charge >= 0.3 is 5.97 Å². The van der Waals surface area contributed by atoms with Gasteiger partial charge in [-0.1, -0.05) is 23.7 Å². The molecule has 0 aliphatic rings. The smallest absolute Gasteiger partial charge is 0.339 e. The van der Waals surface area contributed by atoms with Gasteiger partial charge in [0.2, 0.25) is 5.76 Å². The molecule has 0 saturated heterocycles. The van der Waals surface area contributed by atoms with E-state index in [0.29, 0.717) is 10.7 Å². The number of para-hydroxylation sites is 1. The number of hydrogen-bond donors (Lipinski definition) is 2. The van der Waals surface area contributed by atoms with Crippen molar-refractivity contribution in [3.05, 3.63) is 52.9 Å². The van der Waals surface area contributed by atoms with E-state index >= 15 is 0 Å². The van der Waals surface area contributed by atoms with Crippen molar-refractivity contribution in [1.29, 1.82) is 0 Å². The van der Waals surface area contributed by atoms with E-state index in [-0.39, 0.29) is 11.3 Å². The van der Waals surface area contributed by atoms with E-state index in [9.17, 15) is 9.59 Å². The molecule has 0 unspecified atom stereocenters. The van der Waals surface area contributed by atoms with Crippen LogP contribution in [-0.2, 0) is 0 Å². The molecule has 2 aromatic rings. The lowest BCUT2D eigenvalue weighted by Crippen LogP contribution is -2.14. The predicted molar refractivity (Wildman–Crippen MR) is 65.1 cm³/mol. The van der Waals surface area contributed by atoms with Gasteiger partial charge in [0.15, 0.2) is 0 Å². The van der Waals surface area contributed by atoms with Crippen molar-refractivity contribution in [2.75, 3.05) is 5.32 Å². The number of carboxylic acids is 1. The van der Waals surface area contributed by atoms with Gasteiger partial charge in [-0.05, 0) is 18.2 Å². The van der Waals surface area contributed by atoms with E-state index in [0.717, 1.165) is 6.26 Å². The Labute approximate surface area is 107 Å². The minimum atomic E-state index is -1.23. The second-order valence-corrected chi connectivity index (χ2v) is 3.81. The topological polar surface area (TPSA) is 79.5 Å². The number of anilines is 1. The van der Waals surface area contributed by atoms with E-state index in [2.05, 4.69) is 5.32 Å². The van der Waals surface area contributed by atoms with E-state index in [1.807, 2.05) is 0 Å². The number of halogens is 1. The van der Waals surface area contributed by atoms with Crippen molar-refractivity contribution >= 4 is 29.2 Å². The van der Waals surface area contributed by atoms with Gasteiger partial charge in [-0.3, -0.25) is 4.79 Å². The Bertz CT molecular complexity index is 606. The monoisotopic (exact) mass is 265 g/mol. The van der Waals surface area contributed by atoms with E-state index < -0.39 is 11.9 Å². The van der Waals surface area contributed by atoms with E-state index in [1.54, 1.807) is 24.3 Å². The molecule has 1 amide bonds. The van der Waals surface area contributed by atoms with Gasteiger partial charge in [0.25, 0.3) is 5.91 Å². The first-order valence-corrected chi connectivity index (χ1v) is 5.34. The molecule has 0 atom stereocenters. The lowest BCUT2D eigenvalue weighted by molar-refractivity contribution is 0.0690. The largest absolute Gasteiger partial charge is 0.478 e. The number of carbonyl (C=O) groups is 2. The Morgan fingerprint density at radius 3 is 2.61 bits per heavy atom. The quantitative estimate of drug-likeness (QED) is 0.894. The van der Waals surface area contributed by atoms with Crippen LogP contribution in [0.5, 0.6) is 0 Å². The number of nitrogens with one attached hydrogen (secondary N) is 1. The summed E-state index contributed by atoms with van der Waals surface area (Å²) < 4.78 is 4.86. The molecule has 0 fully saturated rings. The molecule has 0 saturated carbocycles. The van der Waals surface area contributed by atoms with Gasteiger partial charge in [-0.2, -0.15) is 0 Å². The summed E-state index contributed by atoms with van der Waals surface area (Å²) in [5, 5.41) is 11.7. The van der Waals surface area contributed by atoms with Crippen molar-refractivity contribution in [2.24, 2.45) is 0 Å². The van der Waals surface area contributed by atoms with Crippen LogP contribution in [0, 0.1) is 0 Å². The van der Waals surface area contributed by atoms with Crippen LogP contribution in [0.15, 0.2) is 41.0 Å². The molecule has 2 N–H and O–H groups in total. The van der Waals surface area contributed by atoms with E-state index in [1.165, 1.54) is 6.07 Å². The number of furan rings is 1. The molecule has 0 bridgehead atoms. The van der Waals surface area contributed by atoms with Crippen LogP contribution in [0.2, 0.25) is 5.02 Å². The molecule has 1 aromatic heterocycles. The molecule has 6 heteroatoms. The summed E-state index contributed by atoms with van der Waals surface area (Å²) in [6, 6.07) is 7.83. The number of rotatable bonds is 3. The summed E-state index contributed by atoms with van der Waals surface area (Å²) in [6.45, 7) is 0. The third-order valence-corrected chi connectivity index (χ3v) is 2.55. The fourth-order valence-corrected chi connectivity index (χ4v) is 1.58. The molecule has 18 heavy (non-hydrogen) atoms. The molecule has 0 aliphatic carbocycles. The molecule has 1 heterocycles. The summed E-state index contributed by atoms with van der Waals surface area (Å²) in [7, 11) is 0. The van der Waals surface area contributed by atoms with Crippen molar-refractivity contribution in [2.45, 2.75) is 0 Å². The van der Waals surface area contributed by atoms with Gasteiger partial charge in [0.1, 0.15) is 5.56 Å². The van der Waals surface area contributed by atoms with Crippen molar-refractivity contribution in [1.82, 2.24) is 0 Å². The normalized spacial score (nSPS) is 10.1. The average Bonchev–Trinajstić information content (AvgIpc) is 2.81. The molecule has 5 nitrogen and oxygen atoms in total. The third kappa shape index (κ3) is 2.36. The number of benzene rings is 1. The van der Waals surface area contributed by atoms with Gasteiger partial charge in [-0.25, -0.2) is 4.79 Å². The molecular weight excluding hydrogens is 258 g/mol. The maximum atomic E-state index is 11.8. The van der Waals surface area contributed by atoms with Crippen molar-refractivity contribution < 1.29 is 19.1 Å². The van der Waals surface area contributed by atoms with Crippen LogP contribution >= 0.6 is 11.6 Å². The zero-order valence-corrected chi connectivity index (χ0v) is 9.77. The summed E-state index contributed by atoms with van der Waals surface area (Å²) in [6.07, 6.45) is 1.14. The zero-order valence-electron chi connectivity index (χ0n) is 9.01. The minimum absolute atomic E-state index is 0.195. The lowest BCUT2D eigenvalue weighted by atomic mass is 10.2. The SMILES string of the molecule is O=C(O)c1ccoc1C(=O)Nc1ccccc1Cl. The van der Waals surface area contributed by atoms with Crippen molar-refractivity contribution in [3.8, 4) is 0 Å².